The van der Waals surface area contributed by atoms with Crippen LogP contribution in [0.4, 0.5) is 0 Å². The minimum Gasteiger partial charge on any atom is -0.456 e. The molecule has 0 atom stereocenters. The summed E-state index contributed by atoms with van der Waals surface area (Å²) in [5, 5.41) is 17.2. The summed E-state index contributed by atoms with van der Waals surface area (Å²) in [6, 6.07) is 61.4. The largest absolute Gasteiger partial charge is 0.456 e. The molecule has 0 aliphatic rings. The fourth-order valence-corrected chi connectivity index (χ4v) is 8.19. The number of fused-ring (bicyclic) bond motifs is 9. The maximum Gasteiger partial charge on any atom is 0.136 e. The second kappa shape index (κ2) is 11.3. The molecule has 246 valence electrons. The van der Waals surface area contributed by atoms with Crippen molar-refractivity contribution in [1.29, 1.82) is 5.26 Å². The first kappa shape index (κ1) is 29.4. The van der Waals surface area contributed by atoms with Crippen LogP contribution < -0.4 is 0 Å². The lowest BCUT2D eigenvalue weighted by Crippen LogP contribution is -1.97. The molecule has 0 unspecified atom stereocenters. The summed E-state index contributed by atoms with van der Waals surface area (Å²) in [5.74, 6) is 0. The Kier molecular flexibility index (Phi) is 6.28. The summed E-state index contributed by atoms with van der Waals surface area (Å²) >= 11 is 0. The number of hydrogen-bond acceptors (Lipinski definition) is 3. The molecule has 0 N–H and O–H groups in total. The predicted octanol–water partition coefficient (Wildman–Crippen LogP) is 13.5. The van der Waals surface area contributed by atoms with Crippen LogP contribution in [0.5, 0.6) is 0 Å². The molecule has 3 aromatic heterocycles. The highest BCUT2D eigenvalue weighted by Crippen LogP contribution is 2.42. The van der Waals surface area contributed by atoms with E-state index in [-0.39, 0.29) is 0 Å². The van der Waals surface area contributed by atoms with Gasteiger partial charge in [0.25, 0.3) is 0 Å². The van der Waals surface area contributed by atoms with Crippen molar-refractivity contribution in [3.63, 3.8) is 0 Å². The number of aromatic nitrogens is 1. The quantitative estimate of drug-likeness (QED) is 0.186. The smallest absolute Gasteiger partial charge is 0.136 e. The molecular weight excluding hydrogens is 649 g/mol. The van der Waals surface area contributed by atoms with Crippen molar-refractivity contribution in [2.24, 2.45) is 0 Å². The lowest BCUT2D eigenvalue weighted by molar-refractivity contribution is 0.669. The summed E-state index contributed by atoms with van der Waals surface area (Å²) in [6.45, 7) is 0. The molecule has 4 heteroatoms. The molecule has 0 aliphatic carbocycles. The average molecular weight is 677 g/mol. The van der Waals surface area contributed by atoms with Crippen molar-refractivity contribution in [2.45, 2.75) is 0 Å². The lowest BCUT2D eigenvalue weighted by Gasteiger charge is -2.17. The Labute approximate surface area is 304 Å². The van der Waals surface area contributed by atoms with Gasteiger partial charge in [0.05, 0.1) is 22.7 Å². The van der Waals surface area contributed by atoms with E-state index < -0.39 is 0 Å². The third-order valence-corrected chi connectivity index (χ3v) is 10.7. The zero-order valence-corrected chi connectivity index (χ0v) is 28.4. The van der Waals surface area contributed by atoms with Crippen molar-refractivity contribution in [1.82, 2.24) is 4.57 Å². The van der Waals surface area contributed by atoms with Gasteiger partial charge in [0.2, 0.25) is 0 Å². The highest BCUT2D eigenvalue weighted by molar-refractivity contribution is 6.17. The third kappa shape index (κ3) is 4.48. The molecule has 0 radical (unpaired) electrons. The van der Waals surface area contributed by atoms with Crippen molar-refractivity contribution in [3.05, 3.63) is 175 Å². The molecular formula is C49H28N2O2. The van der Waals surface area contributed by atoms with E-state index in [0.29, 0.717) is 5.56 Å². The van der Waals surface area contributed by atoms with Crippen LogP contribution >= 0.6 is 0 Å². The average Bonchev–Trinajstić information content (AvgIpc) is 3.88. The molecule has 11 rings (SSSR count). The van der Waals surface area contributed by atoms with Crippen LogP contribution in [-0.4, -0.2) is 4.57 Å². The topological polar surface area (TPSA) is 55.0 Å². The first-order valence-electron chi connectivity index (χ1n) is 17.7. The molecule has 0 fully saturated rings. The van der Waals surface area contributed by atoms with Gasteiger partial charge in [-0.1, -0.05) is 109 Å². The minimum absolute atomic E-state index is 0.626. The molecule has 0 spiro atoms. The van der Waals surface area contributed by atoms with Crippen LogP contribution in [0.2, 0.25) is 0 Å². The number of hydrogen-bond donors (Lipinski definition) is 0. The Hall–Kier alpha value is -7.35. The first-order valence-corrected chi connectivity index (χ1v) is 17.7. The van der Waals surface area contributed by atoms with Gasteiger partial charge in [-0.3, -0.25) is 0 Å². The number of rotatable bonds is 4. The van der Waals surface area contributed by atoms with Gasteiger partial charge >= 0.3 is 0 Å². The third-order valence-electron chi connectivity index (χ3n) is 10.7. The van der Waals surface area contributed by atoms with Gasteiger partial charge in [-0.05, 0) is 88.5 Å². The fourth-order valence-electron chi connectivity index (χ4n) is 8.19. The molecule has 0 bridgehead atoms. The number of nitriles is 1. The van der Waals surface area contributed by atoms with E-state index in [1.807, 2.05) is 54.6 Å². The number of benzene rings is 8. The van der Waals surface area contributed by atoms with E-state index in [0.717, 1.165) is 105 Å². The lowest BCUT2D eigenvalue weighted by atomic mass is 9.89. The van der Waals surface area contributed by atoms with Crippen LogP contribution in [0.3, 0.4) is 0 Å². The Balaban J connectivity index is 1.19. The highest BCUT2D eigenvalue weighted by Gasteiger charge is 2.20. The van der Waals surface area contributed by atoms with Crippen LogP contribution in [-0.2, 0) is 0 Å². The normalized spacial score (nSPS) is 11.8. The maximum atomic E-state index is 10.6. The van der Waals surface area contributed by atoms with E-state index in [1.54, 1.807) is 0 Å². The molecule has 4 nitrogen and oxygen atoms in total. The molecule has 11 aromatic rings. The monoisotopic (exact) mass is 676 g/mol. The number of para-hydroxylation sites is 3. The van der Waals surface area contributed by atoms with E-state index in [9.17, 15) is 5.26 Å². The summed E-state index contributed by atoms with van der Waals surface area (Å²) in [5.41, 5.74) is 13.4. The zero-order chi connectivity index (χ0) is 35.0. The van der Waals surface area contributed by atoms with Crippen LogP contribution in [0, 0.1) is 11.3 Å². The zero-order valence-electron chi connectivity index (χ0n) is 28.4. The second-order valence-electron chi connectivity index (χ2n) is 13.6. The highest BCUT2D eigenvalue weighted by atomic mass is 16.3. The van der Waals surface area contributed by atoms with Gasteiger partial charge in [0, 0.05) is 43.6 Å². The predicted molar refractivity (Wildman–Crippen MR) is 216 cm³/mol. The Morgan fingerprint density at radius 1 is 0.377 bits per heavy atom. The van der Waals surface area contributed by atoms with E-state index >= 15 is 0 Å². The van der Waals surface area contributed by atoms with E-state index in [1.165, 1.54) is 0 Å². The number of nitrogens with zero attached hydrogens (tertiary/aromatic N) is 2. The van der Waals surface area contributed by atoms with Gasteiger partial charge in [0.15, 0.2) is 0 Å². The maximum absolute atomic E-state index is 10.6. The van der Waals surface area contributed by atoms with Crippen molar-refractivity contribution in [2.75, 3.05) is 0 Å². The van der Waals surface area contributed by atoms with Crippen LogP contribution in [0.15, 0.2) is 179 Å². The molecule has 0 amide bonds. The Bertz CT molecular complexity index is 3300. The fraction of sp³-hybridized carbons (Fsp3) is 0. The molecule has 53 heavy (non-hydrogen) atoms. The van der Waals surface area contributed by atoms with Crippen LogP contribution in [0.25, 0.3) is 105 Å². The van der Waals surface area contributed by atoms with Gasteiger partial charge in [-0.2, -0.15) is 5.26 Å². The Morgan fingerprint density at radius 2 is 1.02 bits per heavy atom. The summed E-state index contributed by atoms with van der Waals surface area (Å²) in [6.07, 6.45) is 0. The molecule has 0 saturated heterocycles. The standard InChI is InChI=1S/C49H28N2O2/c50-29-33-24-31(30-10-2-1-3-11-30)18-21-35(33)36-22-20-34(26-40(36)32-19-23-48-42(25-32)38-13-5-8-16-46(38)52-48)51-44-15-7-4-12-37(44)41-28-49-43(27-45(41)51)39-14-6-9-17-47(39)53-49/h1-28H. The molecule has 8 aromatic carbocycles. The summed E-state index contributed by atoms with van der Waals surface area (Å²) < 4.78 is 14.9. The van der Waals surface area contributed by atoms with Gasteiger partial charge in [0.1, 0.15) is 22.3 Å². The number of furan rings is 2. The van der Waals surface area contributed by atoms with Crippen molar-refractivity contribution >= 4 is 65.7 Å². The van der Waals surface area contributed by atoms with E-state index in [2.05, 4.69) is 126 Å². The molecule has 0 aliphatic heterocycles. The Morgan fingerprint density at radius 3 is 1.81 bits per heavy atom. The van der Waals surface area contributed by atoms with Crippen LogP contribution in [0.1, 0.15) is 5.56 Å². The van der Waals surface area contributed by atoms with Crippen molar-refractivity contribution < 1.29 is 8.83 Å². The first-order chi connectivity index (χ1) is 26.2. The van der Waals surface area contributed by atoms with Crippen molar-refractivity contribution in [3.8, 4) is 45.1 Å². The summed E-state index contributed by atoms with van der Waals surface area (Å²) in [4.78, 5) is 0. The van der Waals surface area contributed by atoms with Gasteiger partial charge < -0.3 is 13.4 Å². The van der Waals surface area contributed by atoms with Gasteiger partial charge in [-0.15, -0.1) is 0 Å². The SMILES string of the molecule is N#Cc1cc(-c2ccccc2)ccc1-c1ccc(-n2c3ccccc3c3cc4oc5ccccc5c4cc32)cc1-c1ccc2oc3ccccc3c2c1. The minimum atomic E-state index is 0.626. The van der Waals surface area contributed by atoms with Gasteiger partial charge in [-0.25, -0.2) is 0 Å². The van der Waals surface area contributed by atoms with E-state index in [4.69, 9.17) is 8.83 Å². The second-order valence-corrected chi connectivity index (χ2v) is 13.6. The summed E-state index contributed by atoms with van der Waals surface area (Å²) in [7, 11) is 0. The molecule has 3 heterocycles. The molecule has 0 saturated carbocycles.